The third-order valence-corrected chi connectivity index (χ3v) is 2.55. The molecule has 0 saturated heterocycles. The molecule has 0 heterocycles. The van der Waals surface area contributed by atoms with E-state index < -0.39 is 29.4 Å². The molecule has 0 bridgehead atoms. The molecule has 118 valence electrons. The summed E-state index contributed by atoms with van der Waals surface area (Å²) in [7, 11) is 0. The molecule has 1 unspecified atom stereocenters. The molecule has 1 amide bonds. The van der Waals surface area contributed by atoms with Crippen molar-refractivity contribution in [3.63, 3.8) is 0 Å². The van der Waals surface area contributed by atoms with Crippen LogP contribution >= 0.6 is 0 Å². The van der Waals surface area contributed by atoms with E-state index in [2.05, 4.69) is 0 Å². The van der Waals surface area contributed by atoms with Gasteiger partial charge in [-0.3, -0.25) is 5.21 Å². The van der Waals surface area contributed by atoms with E-state index in [9.17, 15) is 18.8 Å². The van der Waals surface area contributed by atoms with Crippen molar-refractivity contribution in [2.45, 2.75) is 38.8 Å². The Kier molecular flexibility index (Phi) is 5.62. The lowest BCUT2D eigenvalue weighted by atomic mass is 10.0. The quantitative estimate of drug-likeness (QED) is 0.662. The summed E-state index contributed by atoms with van der Waals surface area (Å²) < 4.78 is 31.5. The van der Waals surface area contributed by atoms with Crippen LogP contribution in [-0.4, -0.2) is 33.7 Å². The van der Waals surface area contributed by atoms with E-state index >= 15 is 0 Å². The Morgan fingerprint density at radius 3 is 2.24 bits per heavy atom. The molecular weight excluding hydrogens is 284 g/mol. The summed E-state index contributed by atoms with van der Waals surface area (Å²) in [5.41, 5.74) is -0.815. The number of hydroxylamine groups is 2. The molecular formula is C14H19F2NO4. The molecule has 0 fully saturated rings. The largest absolute Gasteiger partial charge is 0.442 e. The summed E-state index contributed by atoms with van der Waals surface area (Å²) in [5, 5.41) is 19.2. The Balaban J connectivity index is 3.02. The molecule has 7 heteroatoms. The summed E-state index contributed by atoms with van der Waals surface area (Å²) in [6.45, 7) is 4.45. The second-order valence-corrected chi connectivity index (χ2v) is 5.56. The van der Waals surface area contributed by atoms with Crippen LogP contribution in [0.5, 0.6) is 0 Å². The zero-order chi connectivity index (χ0) is 16.2. The Labute approximate surface area is 121 Å². The van der Waals surface area contributed by atoms with Gasteiger partial charge >= 0.3 is 6.09 Å². The fourth-order valence-electron chi connectivity index (χ4n) is 1.76. The third kappa shape index (κ3) is 5.28. The number of ether oxygens (including phenoxy) is 1. The van der Waals surface area contributed by atoms with Crippen molar-refractivity contribution in [1.82, 2.24) is 5.06 Å². The molecule has 0 radical (unpaired) electrons. The maximum absolute atomic E-state index is 13.2. The molecule has 0 aliphatic heterocycles. The molecule has 0 aromatic heterocycles. The Bertz CT molecular complexity index is 482. The Morgan fingerprint density at radius 1 is 1.29 bits per heavy atom. The van der Waals surface area contributed by atoms with Crippen LogP contribution in [0, 0.1) is 11.6 Å². The van der Waals surface area contributed by atoms with E-state index in [1.165, 1.54) is 0 Å². The molecule has 0 aliphatic rings. The number of carbonyl (C=O) groups excluding carboxylic acids is 1. The number of hydrogen-bond acceptors (Lipinski definition) is 4. The summed E-state index contributed by atoms with van der Waals surface area (Å²) in [4.78, 5) is 11.8. The van der Waals surface area contributed by atoms with Crippen molar-refractivity contribution in [1.29, 1.82) is 0 Å². The molecule has 1 atom stereocenters. The van der Waals surface area contributed by atoms with Gasteiger partial charge in [-0.05, 0) is 44.9 Å². The Morgan fingerprint density at radius 2 is 1.81 bits per heavy atom. The zero-order valence-corrected chi connectivity index (χ0v) is 12.1. The van der Waals surface area contributed by atoms with Gasteiger partial charge in [0, 0.05) is 12.7 Å². The number of rotatable bonds is 4. The highest BCUT2D eigenvalue weighted by Crippen LogP contribution is 2.26. The van der Waals surface area contributed by atoms with Crippen molar-refractivity contribution in [2.75, 3.05) is 6.61 Å². The fourth-order valence-corrected chi connectivity index (χ4v) is 1.76. The summed E-state index contributed by atoms with van der Waals surface area (Å²) in [6.07, 6.45) is -1.16. The summed E-state index contributed by atoms with van der Waals surface area (Å²) in [5.74, 6) is -1.68. The molecule has 0 spiro atoms. The molecule has 1 aromatic rings. The van der Waals surface area contributed by atoms with Gasteiger partial charge < -0.3 is 9.84 Å². The second kappa shape index (κ2) is 6.82. The van der Waals surface area contributed by atoms with Crippen molar-refractivity contribution in [3.05, 3.63) is 35.4 Å². The van der Waals surface area contributed by atoms with Crippen molar-refractivity contribution in [3.8, 4) is 0 Å². The first-order valence-corrected chi connectivity index (χ1v) is 6.42. The minimum absolute atomic E-state index is 0.0231. The van der Waals surface area contributed by atoms with E-state index in [1.807, 2.05) is 0 Å². The summed E-state index contributed by atoms with van der Waals surface area (Å²) in [6, 6.07) is 1.53. The number of amides is 1. The monoisotopic (exact) mass is 303 g/mol. The maximum atomic E-state index is 13.2. The SMILES string of the molecule is CC(C)(C)OC(=O)N(O)C(CCO)c1cc(F)cc(F)c1. The van der Waals surface area contributed by atoms with Gasteiger partial charge in [0.05, 0.1) is 6.04 Å². The van der Waals surface area contributed by atoms with E-state index in [1.54, 1.807) is 20.8 Å². The van der Waals surface area contributed by atoms with Gasteiger partial charge in [-0.15, -0.1) is 0 Å². The van der Waals surface area contributed by atoms with E-state index in [-0.39, 0.29) is 23.7 Å². The molecule has 2 N–H and O–H groups in total. The maximum Gasteiger partial charge on any atom is 0.434 e. The predicted octanol–water partition coefficient (Wildman–Crippen LogP) is 3.01. The highest BCUT2D eigenvalue weighted by molar-refractivity contribution is 5.67. The van der Waals surface area contributed by atoms with Crippen LogP contribution in [-0.2, 0) is 4.74 Å². The number of halogens is 2. The van der Waals surface area contributed by atoms with Crippen LogP contribution in [0.25, 0.3) is 0 Å². The minimum atomic E-state index is -1.12. The van der Waals surface area contributed by atoms with Crippen LogP contribution in [0.1, 0.15) is 38.8 Å². The lowest BCUT2D eigenvalue weighted by Gasteiger charge is -2.28. The smallest absolute Gasteiger partial charge is 0.434 e. The standard InChI is InChI=1S/C14H19F2NO4/c1-14(2,3)21-13(19)17(20)12(4-5-18)9-6-10(15)8-11(16)7-9/h6-8,12,18,20H,4-5H2,1-3H3. The van der Waals surface area contributed by atoms with Crippen LogP contribution in [0.3, 0.4) is 0 Å². The van der Waals surface area contributed by atoms with Crippen molar-refractivity contribution < 1.29 is 28.6 Å². The number of carbonyl (C=O) groups is 1. The normalized spacial score (nSPS) is 12.9. The van der Waals surface area contributed by atoms with Gasteiger partial charge in [-0.25, -0.2) is 13.6 Å². The fraction of sp³-hybridized carbons (Fsp3) is 0.500. The van der Waals surface area contributed by atoms with Crippen LogP contribution in [0.4, 0.5) is 13.6 Å². The lowest BCUT2D eigenvalue weighted by molar-refractivity contribution is -0.125. The molecule has 0 aliphatic carbocycles. The Hall–Kier alpha value is -1.73. The molecule has 21 heavy (non-hydrogen) atoms. The minimum Gasteiger partial charge on any atom is -0.442 e. The number of aliphatic hydroxyl groups excluding tert-OH is 1. The first kappa shape index (κ1) is 17.3. The average molecular weight is 303 g/mol. The number of benzene rings is 1. The van der Waals surface area contributed by atoms with E-state index in [4.69, 9.17) is 9.84 Å². The predicted molar refractivity (Wildman–Crippen MR) is 70.7 cm³/mol. The van der Waals surface area contributed by atoms with Gasteiger partial charge in [0.25, 0.3) is 0 Å². The van der Waals surface area contributed by atoms with Crippen molar-refractivity contribution >= 4 is 6.09 Å². The van der Waals surface area contributed by atoms with Gasteiger partial charge in [0.1, 0.15) is 17.2 Å². The second-order valence-electron chi connectivity index (χ2n) is 5.56. The van der Waals surface area contributed by atoms with Gasteiger partial charge in [0.15, 0.2) is 0 Å². The number of nitrogens with zero attached hydrogens (tertiary/aromatic N) is 1. The number of aliphatic hydroxyl groups is 1. The van der Waals surface area contributed by atoms with Gasteiger partial charge in [-0.2, -0.15) is 5.06 Å². The number of hydrogen-bond donors (Lipinski definition) is 2. The van der Waals surface area contributed by atoms with E-state index in [0.717, 1.165) is 12.1 Å². The molecule has 1 aromatic carbocycles. The van der Waals surface area contributed by atoms with Crippen LogP contribution in [0.2, 0.25) is 0 Å². The topological polar surface area (TPSA) is 70.0 Å². The average Bonchev–Trinajstić information content (AvgIpc) is 2.31. The van der Waals surface area contributed by atoms with Gasteiger partial charge in [0.2, 0.25) is 0 Å². The summed E-state index contributed by atoms with van der Waals surface area (Å²) >= 11 is 0. The lowest BCUT2D eigenvalue weighted by Crippen LogP contribution is -2.37. The van der Waals surface area contributed by atoms with Crippen LogP contribution < -0.4 is 0 Å². The van der Waals surface area contributed by atoms with Gasteiger partial charge in [-0.1, -0.05) is 0 Å². The molecule has 0 saturated carbocycles. The highest BCUT2D eigenvalue weighted by Gasteiger charge is 2.28. The molecule has 1 rings (SSSR count). The zero-order valence-electron chi connectivity index (χ0n) is 12.1. The molecule has 5 nitrogen and oxygen atoms in total. The van der Waals surface area contributed by atoms with Crippen molar-refractivity contribution in [2.24, 2.45) is 0 Å². The first-order chi connectivity index (χ1) is 9.64. The van der Waals surface area contributed by atoms with Crippen LogP contribution in [0.15, 0.2) is 18.2 Å². The third-order valence-electron chi connectivity index (χ3n) is 2.55. The first-order valence-electron chi connectivity index (χ1n) is 6.42. The highest BCUT2D eigenvalue weighted by atomic mass is 19.1. The van der Waals surface area contributed by atoms with E-state index in [0.29, 0.717) is 6.07 Å².